The second-order valence-corrected chi connectivity index (χ2v) is 0.346. The first-order chi connectivity index (χ1) is 1.73. The molecule has 0 bridgehead atoms. The van der Waals surface area contributed by atoms with Gasteiger partial charge < -0.3 is 19.4 Å². The normalized spacial score (nSPS) is 4.50. The maximum atomic E-state index is 7.17. The van der Waals surface area contributed by atoms with Crippen LogP contribution >= 0.6 is 0 Å². The van der Waals surface area contributed by atoms with E-state index in [4.69, 9.17) is 15.1 Å². The molecule has 0 amide bonds. The monoisotopic (exact) mass is 96.0 g/mol. The minimum Gasteiger partial charge on any atom is -1.00 e. The largest absolute Gasteiger partial charge is 2.00 e. The van der Waals surface area contributed by atoms with Gasteiger partial charge in [-0.2, -0.15) is 0 Å². The molecule has 0 saturated carbocycles. The second-order valence-electron chi connectivity index (χ2n) is 0.346. The maximum Gasteiger partial charge on any atom is 2.00 e. The molecule has 0 saturated heterocycles. The quantitative estimate of drug-likeness (QED) is 0.264. The molecule has 0 aliphatic heterocycles. The van der Waals surface area contributed by atoms with E-state index in [0.29, 0.717) is 0 Å². The van der Waals surface area contributed by atoms with Crippen molar-refractivity contribution in [2.24, 2.45) is 0 Å². The summed E-state index contributed by atoms with van der Waals surface area (Å²) in [5, 5.41) is 21.5. The van der Waals surface area contributed by atoms with Crippen molar-refractivity contribution in [1.29, 1.82) is 0 Å². The zero-order chi connectivity index (χ0) is 3.58. The Labute approximate surface area is 68.7 Å². The first kappa shape index (κ1) is 15.7. The summed E-state index contributed by atoms with van der Waals surface area (Å²) < 4.78 is 0. The summed E-state index contributed by atoms with van der Waals surface area (Å²) in [4.78, 5) is 0. The van der Waals surface area contributed by atoms with Crippen LogP contribution in [-0.4, -0.2) is 45.4 Å². The van der Waals surface area contributed by atoms with Crippen LogP contribution in [0.15, 0.2) is 0 Å². The molecule has 0 spiro atoms. The first-order valence-corrected chi connectivity index (χ1v) is 0.775. The van der Waals surface area contributed by atoms with Gasteiger partial charge in [0.2, 0.25) is 0 Å². The van der Waals surface area contributed by atoms with E-state index in [1.807, 2.05) is 0 Å². The van der Waals surface area contributed by atoms with E-state index >= 15 is 0 Å². The smallest absolute Gasteiger partial charge is 1.00 e. The molecule has 0 atom stereocenters. The summed E-state index contributed by atoms with van der Waals surface area (Å²) >= 11 is 0. The molecule has 0 rings (SSSR count). The van der Waals surface area contributed by atoms with Crippen molar-refractivity contribution in [3.05, 3.63) is 0 Å². The average Bonchev–Trinajstić information content (AvgIpc) is 0.811. The van der Waals surface area contributed by atoms with Crippen molar-refractivity contribution in [2.75, 3.05) is 0 Å². The van der Waals surface area contributed by atoms with Crippen LogP contribution in [0.1, 0.15) is 4.28 Å². The molecule has 6 heteroatoms. The molecule has 3 nitrogen and oxygen atoms in total. The van der Waals surface area contributed by atoms with E-state index < -0.39 is 7.32 Å². The van der Waals surface area contributed by atoms with Crippen molar-refractivity contribution in [1.82, 2.24) is 0 Å². The molecule has 0 fully saturated rings. The number of hydrogen-bond donors (Lipinski definition) is 3. The molecule has 6 heavy (non-hydrogen) atoms. The minimum absolute atomic E-state index is 0. The Morgan fingerprint density at radius 2 is 1.17 bits per heavy atom. The molecule has 0 aromatic heterocycles. The van der Waals surface area contributed by atoms with Gasteiger partial charge in [0.05, 0.1) is 0 Å². The molecular weight excluding hydrogens is 90.1 g/mol. The zero-order valence-corrected chi connectivity index (χ0v) is 5.04. The maximum absolute atomic E-state index is 7.17. The van der Waals surface area contributed by atoms with Crippen LogP contribution in [0.25, 0.3) is 0 Å². The molecule has 3 N–H and O–H groups in total. The summed E-state index contributed by atoms with van der Waals surface area (Å²) in [7, 11) is -2.17. The van der Waals surface area contributed by atoms with Gasteiger partial charge in [0.25, 0.3) is 0 Å². The van der Waals surface area contributed by atoms with Crippen molar-refractivity contribution in [3.63, 3.8) is 0 Å². The molecule has 0 aromatic carbocycles. The van der Waals surface area contributed by atoms with Gasteiger partial charge >= 0.3 is 49.2 Å². The number of rotatable bonds is 0. The Bertz CT molecular complexity index is 23.8. The SMILES string of the molecule is OB(O)O.[H-].[H-].[H-].[Li+].[Mg+2]. The Kier molecular flexibility index (Phi) is 25.0. The predicted octanol–water partition coefficient (Wildman–Crippen LogP) is -5.09. The van der Waals surface area contributed by atoms with E-state index in [1.165, 1.54) is 0 Å². The first-order valence-electron chi connectivity index (χ1n) is 0.775. The van der Waals surface area contributed by atoms with Crippen LogP contribution < -0.4 is 18.9 Å². The Hall–Kier alpha value is 1.31. The molecule has 0 aliphatic rings. The number of hydrogen-bond acceptors (Lipinski definition) is 3. The summed E-state index contributed by atoms with van der Waals surface area (Å²) in [6.45, 7) is 0. The van der Waals surface area contributed by atoms with Gasteiger partial charge in [-0.3, -0.25) is 0 Å². The van der Waals surface area contributed by atoms with Gasteiger partial charge in [-0.1, -0.05) is 0 Å². The fraction of sp³-hybridized carbons (Fsp3) is 0. The molecule has 0 aromatic rings. The molecule has 0 aliphatic carbocycles. The van der Waals surface area contributed by atoms with Crippen molar-refractivity contribution in [2.45, 2.75) is 0 Å². The summed E-state index contributed by atoms with van der Waals surface area (Å²) in [5.74, 6) is 0. The zero-order valence-electron chi connectivity index (χ0n) is 6.63. The molecule has 0 heterocycles. The fourth-order valence-corrected chi connectivity index (χ4v) is 0. The van der Waals surface area contributed by atoms with E-state index in [-0.39, 0.29) is 46.2 Å². The van der Waals surface area contributed by atoms with Crippen LogP contribution in [0, 0.1) is 0 Å². The van der Waals surface area contributed by atoms with Gasteiger partial charge in [0.15, 0.2) is 0 Å². The van der Waals surface area contributed by atoms with Crippen LogP contribution in [0.4, 0.5) is 0 Å². The van der Waals surface area contributed by atoms with Crippen molar-refractivity contribution >= 4 is 30.4 Å². The molecule has 0 radical (unpaired) electrons. The Morgan fingerprint density at radius 1 is 1.17 bits per heavy atom. The topological polar surface area (TPSA) is 60.7 Å². The summed E-state index contributed by atoms with van der Waals surface area (Å²) in [6, 6.07) is 0. The minimum atomic E-state index is -2.17. The average molecular weight is 96.1 g/mol. The third kappa shape index (κ3) is 57.6. The van der Waals surface area contributed by atoms with Gasteiger partial charge in [-0.05, 0) is 0 Å². The fourth-order valence-electron chi connectivity index (χ4n) is 0. The Balaban J connectivity index is -0.00000000450. The predicted molar refractivity (Wildman–Crippen MR) is 21.5 cm³/mol. The van der Waals surface area contributed by atoms with E-state index in [1.54, 1.807) is 0 Å². The van der Waals surface area contributed by atoms with Crippen LogP contribution in [-0.2, 0) is 0 Å². The van der Waals surface area contributed by atoms with E-state index in [0.717, 1.165) is 0 Å². The van der Waals surface area contributed by atoms with Crippen LogP contribution in [0.5, 0.6) is 0 Å². The van der Waals surface area contributed by atoms with Gasteiger partial charge in [0, 0.05) is 0 Å². The second kappa shape index (κ2) is 9.58. The van der Waals surface area contributed by atoms with Crippen molar-refractivity contribution < 1.29 is 38.2 Å². The van der Waals surface area contributed by atoms with E-state index in [2.05, 4.69) is 0 Å². The molecule has 0 unspecified atom stereocenters. The molecular formula is H6BLiMgO3. The van der Waals surface area contributed by atoms with E-state index in [9.17, 15) is 0 Å². The van der Waals surface area contributed by atoms with Crippen molar-refractivity contribution in [3.8, 4) is 0 Å². The van der Waals surface area contributed by atoms with Gasteiger partial charge in [-0.15, -0.1) is 0 Å². The third-order valence-corrected chi connectivity index (χ3v) is 0. The summed E-state index contributed by atoms with van der Waals surface area (Å²) in [6.07, 6.45) is 0. The molecule has 30 valence electrons. The summed E-state index contributed by atoms with van der Waals surface area (Å²) in [5.41, 5.74) is 0. The van der Waals surface area contributed by atoms with Gasteiger partial charge in [-0.25, -0.2) is 0 Å². The van der Waals surface area contributed by atoms with Crippen LogP contribution in [0.2, 0.25) is 0 Å². The standard InChI is InChI=1S/BH3O3.Li.Mg.3H/c2-1(3)4;;;;;/h2-4H;;;;;/q;+1;+2;3*-1. The van der Waals surface area contributed by atoms with Gasteiger partial charge in [0.1, 0.15) is 0 Å². The third-order valence-electron chi connectivity index (χ3n) is 0. The Morgan fingerprint density at radius 3 is 1.17 bits per heavy atom. The van der Waals surface area contributed by atoms with Crippen LogP contribution in [0.3, 0.4) is 0 Å².